The first-order valence-corrected chi connectivity index (χ1v) is 3.64. The van der Waals surface area contributed by atoms with Crippen molar-refractivity contribution in [2.24, 2.45) is 0 Å². The molecule has 1 N–H and O–H groups in total. The number of aromatic nitrogens is 2. The topological polar surface area (TPSA) is 92.3 Å². The number of nitrogens with one attached hydrogen (secondary N) is 1. The minimum Gasteiger partial charge on any atom is -0.269 e. The van der Waals surface area contributed by atoms with Gasteiger partial charge in [0.05, 0.1) is 18.1 Å². The van der Waals surface area contributed by atoms with Gasteiger partial charge in [-0.2, -0.15) is 0 Å². The summed E-state index contributed by atoms with van der Waals surface area (Å²) in [4.78, 5) is 41.0. The standard InChI is InChI=1S/C7H4N4O3/c12-5-6(13)11(7(14)10-5)4-1-8-3-9-2-4/h1-3H,(H,10,12,14). The molecule has 0 aliphatic carbocycles. The number of rotatable bonds is 1. The quantitative estimate of drug-likeness (QED) is 0.458. The molecule has 0 aromatic carbocycles. The molecule has 1 fully saturated rings. The number of imide groups is 2. The lowest BCUT2D eigenvalue weighted by Crippen LogP contribution is -2.30. The molecule has 0 spiro atoms. The van der Waals surface area contributed by atoms with E-state index >= 15 is 0 Å². The van der Waals surface area contributed by atoms with Crippen molar-refractivity contribution >= 4 is 23.5 Å². The minimum atomic E-state index is -0.946. The molecular formula is C7H4N4O3. The molecule has 0 bridgehead atoms. The molecule has 1 aromatic heterocycles. The molecule has 1 saturated heterocycles. The molecule has 1 aliphatic rings. The SMILES string of the molecule is O=C1NC(=O)N(c2cncnc2)C1=O. The average molecular weight is 192 g/mol. The van der Waals surface area contributed by atoms with Crippen LogP contribution in [0.25, 0.3) is 0 Å². The zero-order chi connectivity index (χ0) is 10.1. The molecular weight excluding hydrogens is 188 g/mol. The summed E-state index contributed by atoms with van der Waals surface area (Å²) in [5.41, 5.74) is 0.167. The van der Waals surface area contributed by atoms with Gasteiger partial charge in [0.25, 0.3) is 0 Å². The van der Waals surface area contributed by atoms with Gasteiger partial charge < -0.3 is 0 Å². The lowest BCUT2D eigenvalue weighted by molar-refractivity contribution is -0.134. The monoisotopic (exact) mass is 192 g/mol. The van der Waals surface area contributed by atoms with E-state index in [2.05, 4.69) is 9.97 Å². The van der Waals surface area contributed by atoms with Crippen molar-refractivity contribution in [1.82, 2.24) is 15.3 Å². The summed E-state index contributed by atoms with van der Waals surface area (Å²) in [5.74, 6) is -1.87. The summed E-state index contributed by atoms with van der Waals surface area (Å²) in [6, 6.07) is -0.783. The fourth-order valence-corrected chi connectivity index (χ4v) is 1.04. The van der Waals surface area contributed by atoms with E-state index < -0.39 is 17.8 Å². The van der Waals surface area contributed by atoms with Crippen LogP contribution >= 0.6 is 0 Å². The Morgan fingerprint density at radius 1 is 1.14 bits per heavy atom. The highest BCUT2D eigenvalue weighted by Crippen LogP contribution is 2.13. The third-order valence-electron chi connectivity index (χ3n) is 1.63. The normalized spacial score (nSPS) is 16.0. The molecule has 0 atom stereocenters. The molecule has 7 nitrogen and oxygen atoms in total. The van der Waals surface area contributed by atoms with Crippen LogP contribution in [-0.2, 0) is 9.59 Å². The van der Waals surface area contributed by atoms with E-state index in [1.54, 1.807) is 0 Å². The highest BCUT2D eigenvalue weighted by atomic mass is 16.2. The van der Waals surface area contributed by atoms with E-state index in [1.165, 1.54) is 18.7 Å². The van der Waals surface area contributed by atoms with Crippen LogP contribution in [0.5, 0.6) is 0 Å². The predicted molar refractivity (Wildman–Crippen MR) is 43.1 cm³/mol. The van der Waals surface area contributed by atoms with E-state index in [0.29, 0.717) is 4.90 Å². The van der Waals surface area contributed by atoms with E-state index in [-0.39, 0.29) is 5.69 Å². The number of anilines is 1. The number of nitrogens with zero attached hydrogens (tertiary/aromatic N) is 3. The van der Waals surface area contributed by atoms with Gasteiger partial charge >= 0.3 is 17.8 Å². The Kier molecular flexibility index (Phi) is 1.70. The van der Waals surface area contributed by atoms with Gasteiger partial charge in [0.1, 0.15) is 6.33 Å². The van der Waals surface area contributed by atoms with Gasteiger partial charge in [0, 0.05) is 0 Å². The maximum Gasteiger partial charge on any atom is 0.336 e. The number of urea groups is 1. The Balaban J connectivity index is 2.41. The second kappa shape index (κ2) is 2.87. The molecule has 4 amide bonds. The minimum absolute atomic E-state index is 0.167. The fraction of sp³-hybridized carbons (Fsp3) is 0. The summed E-state index contributed by atoms with van der Waals surface area (Å²) in [5, 5.41) is 1.86. The molecule has 70 valence electrons. The zero-order valence-electron chi connectivity index (χ0n) is 6.80. The molecule has 14 heavy (non-hydrogen) atoms. The third kappa shape index (κ3) is 1.11. The summed E-state index contributed by atoms with van der Waals surface area (Å²) in [6.07, 6.45) is 3.79. The first-order chi connectivity index (χ1) is 6.70. The van der Waals surface area contributed by atoms with Crippen molar-refractivity contribution in [1.29, 1.82) is 0 Å². The van der Waals surface area contributed by atoms with Crippen LogP contribution in [0, 0.1) is 0 Å². The van der Waals surface area contributed by atoms with E-state index in [9.17, 15) is 14.4 Å². The van der Waals surface area contributed by atoms with Gasteiger partial charge in [0.2, 0.25) is 0 Å². The second-order valence-electron chi connectivity index (χ2n) is 2.50. The number of hydrogen-bond acceptors (Lipinski definition) is 5. The van der Waals surface area contributed by atoms with Crippen LogP contribution < -0.4 is 10.2 Å². The fourth-order valence-electron chi connectivity index (χ4n) is 1.04. The molecule has 1 aromatic rings. The average Bonchev–Trinajstić information content (AvgIpc) is 2.43. The Morgan fingerprint density at radius 2 is 1.79 bits per heavy atom. The zero-order valence-corrected chi connectivity index (χ0v) is 6.80. The first-order valence-electron chi connectivity index (χ1n) is 3.64. The molecule has 0 saturated carbocycles. The number of carbonyl (C=O) groups excluding carboxylic acids is 3. The number of amides is 4. The Bertz CT molecular complexity index is 416. The maximum absolute atomic E-state index is 11.2. The summed E-state index contributed by atoms with van der Waals surface area (Å²) >= 11 is 0. The van der Waals surface area contributed by atoms with Gasteiger partial charge in [0.15, 0.2) is 0 Å². The van der Waals surface area contributed by atoms with Crippen molar-refractivity contribution < 1.29 is 14.4 Å². The predicted octanol–water partition coefficient (Wildman–Crippen LogP) is -0.941. The molecule has 1 aliphatic heterocycles. The molecule has 0 unspecified atom stereocenters. The van der Waals surface area contributed by atoms with E-state index in [1.807, 2.05) is 5.32 Å². The van der Waals surface area contributed by atoms with Crippen LogP contribution in [0.3, 0.4) is 0 Å². The lowest BCUT2D eigenvalue weighted by Gasteiger charge is -2.08. The van der Waals surface area contributed by atoms with Crippen LogP contribution in [0.2, 0.25) is 0 Å². The van der Waals surface area contributed by atoms with Gasteiger partial charge in [-0.3, -0.25) is 14.9 Å². The Morgan fingerprint density at radius 3 is 2.29 bits per heavy atom. The number of carbonyl (C=O) groups is 3. The maximum atomic E-state index is 11.2. The van der Waals surface area contributed by atoms with Crippen LogP contribution in [-0.4, -0.2) is 27.8 Å². The van der Waals surface area contributed by atoms with Gasteiger partial charge in [-0.15, -0.1) is 0 Å². The largest absolute Gasteiger partial charge is 0.336 e. The van der Waals surface area contributed by atoms with Gasteiger partial charge in [-0.1, -0.05) is 0 Å². The Hall–Kier alpha value is -2.31. The second-order valence-corrected chi connectivity index (χ2v) is 2.50. The van der Waals surface area contributed by atoms with Crippen LogP contribution in [0.15, 0.2) is 18.7 Å². The summed E-state index contributed by atoms with van der Waals surface area (Å²) < 4.78 is 0. The van der Waals surface area contributed by atoms with Crippen molar-refractivity contribution in [2.75, 3.05) is 4.90 Å². The summed E-state index contributed by atoms with van der Waals surface area (Å²) in [7, 11) is 0. The Labute approximate surface area is 77.8 Å². The molecule has 2 heterocycles. The van der Waals surface area contributed by atoms with Crippen molar-refractivity contribution in [2.45, 2.75) is 0 Å². The van der Waals surface area contributed by atoms with Gasteiger partial charge in [-0.25, -0.2) is 19.7 Å². The van der Waals surface area contributed by atoms with Crippen LogP contribution in [0.1, 0.15) is 0 Å². The van der Waals surface area contributed by atoms with Crippen LogP contribution in [0.4, 0.5) is 10.5 Å². The van der Waals surface area contributed by atoms with Crippen molar-refractivity contribution in [3.8, 4) is 0 Å². The highest BCUT2D eigenvalue weighted by Gasteiger charge is 2.38. The molecule has 2 rings (SSSR count). The molecule has 7 heteroatoms. The van der Waals surface area contributed by atoms with Crippen molar-refractivity contribution in [3.63, 3.8) is 0 Å². The van der Waals surface area contributed by atoms with E-state index in [4.69, 9.17) is 0 Å². The van der Waals surface area contributed by atoms with Gasteiger partial charge in [-0.05, 0) is 0 Å². The summed E-state index contributed by atoms with van der Waals surface area (Å²) in [6.45, 7) is 0. The highest BCUT2D eigenvalue weighted by molar-refractivity contribution is 6.52. The van der Waals surface area contributed by atoms with Crippen molar-refractivity contribution in [3.05, 3.63) is 18.7 Å². The number of hydrogen-bond donors (Lipinski definition) is 1. The van der Waals surface area contributed by atoms with E-state index in [0.717, 1.165) is 0 Å². The molecule has 0 radical (unpaired) electrons. The first kappa shape index (κ1) is 8.30. The lowest BCUT2D eigenvalue weighted by atomic mass is 10.4. The smallest absolute Gasteiger partial charge is 0.269 e. The third-order valence-corrected chi connectivity index (χ3v) is 1.63.